The Labute approximate surface area is 117 Å². The van der Waals surface area contributed by atoms with Crippen LogP contribution in [0, 0.1) is 0 Å². The molecule has 0 fully saturated rings. The number of fused-ring (bicyclic) bond motifs is 1. The highest BCUT2D eigenvalue weighted by atomic mass is 16.5. The van der Waals surface area contributed by atoms with E-state index >= 15 is 0 Å². The summed E-state index contributed by atoms with van der Waals surface area (Å²) in [7, 11) is 0. The van der Waals surface area contributed by atoms with Gasteiger partial charge in [-0.05, 0) is 24.0 Å². The smallest absolute Gasteiger partial charge is 0.408 e. The highest BCUT2D eigenvalue weighted by molar-refractivity contribution is 5.81. The minimum absolute atomic E-state index is 0.0550. The third-order valence-electron chi connectivity index (χ3n) is 3.45. The Hall–Kier alpha value is -2.30. The number of ether oxygens (including phenoxy) is 1. The molecular weight excluding hydrogens is 258 g/mol. The number of carboxylic acid groups (broad SMARTS) is 1. The molecule has 1 aromatic rings. The lowest BCUT2D eigenvalue weighted by Crippen LogP contribution is -2.44. The monoisotopic (exact) mass is 275 g/mol. The van der Waals surface area contributed by atoms with Gasteiger partial charge in [-0.3, -0.25) is 0 Å². The molecule has 0 heterocycles. The number of hydrogen-bond donors (Lipinski definition) is 2. The second-order valence-electron chi connectivity index (χ2n) is 4.69. The number of aryl methyl sites for hydroxylation is 1. The van der Waals surface area contributed by atoms with E-state index in [1.807, 2.05) is 24.3 Å². The fourth-order valence-electron chi connectivity index (χ4n) is 2.57. The molecule has 5 heteroatoms. The van der Waals surface area contributed by atoms with Gasteiger partial charge in [-0.25, -0.2) is 9.59 Å². The number of nitrogens with one attached hydrogen (secondary N) is 1. The van der Waals surface area contributed by atoms with Crippen molar-refractivity contribution in [1.29, 1.82) is 0 Å². The van der Waals surface area contributed by atoms with Crippen molar-refractivity contribution in [2.75, 3.05) is 6.61 Å². The molecule has 0 spiro atoms. The maximum absolute atomic E-state index is 11.5. The second kappa shape index (κ2) is 6.23. The van der Waals surface area contributed by atoms with Gasteiger partial charge >= 0.3 is 12.1 Å². The normalized spacial score (nSPS) is 17.9. The number of benzene rings is 1. The van der Waals surface area contributed by atoms with Crippen molar-refractivity contribution < 1.29 is 19.4 Å². The maximum atomic E-state index is 11.5. The highest BCUT2D eigenvalue weighted by Crippen LogP contribution is 2.35. The summed E-state index contributed by atoms with van der Waals surface area (Å²) in [5.41, 5.74) is 2.13. The van der Waals surface area contributed by atoms with Crippen molar-refractivity contribution in [3.63, 3.8) is 0 Å². The lowest BCUT2D eigenvalue weighted by Gasteiger charge is -2.21. The van der Waals surface area contributed by atoms with Crippen LogP contribution < -0.4 is 5.32 Å². The van der Waals surface area contributed by atoms with Gasteiger partial charge in [0.05, 0.1) is 0 Å². The van der Waals surface area contributed by atoms with E-state index in [4.69, 9.17) is 4.74 Å². The molecule has 0 bridgehead atoms. The Morgan fingerprint density at radius 1 is 1.50 bits per heavy atom. The lowest BCUT2D eigenvalue weighted by molar-refractivity contribution is -0.140. The molecule has 20 heavy (non-hydrogen) atoms. The van der Waals surface area contributed by atoms with Gasteiger partial charge < -0.3 is 15.2 Å². The van der Waals surface area contributed by atoms with Crippen LogP contribution in [0.4, 0.5) is 4.79 Å². The molecule has 1 aliphatic carbocycles. The van der Waals surface area contributed by atoms with Crippen LogP contribution in [0.5, 0.6) is 0 Å². The number of hydrogen-bond acceptors (Lipinski definition) is 3. The van der Waals surface area contributed by atoms with Crippen molar-refractivity contribution >= 4 is 12.1 Å². The zero-order valence-corrected chi connectivity index (χ0v) is 11.0. The molecule has 106 valence electrons. The van der Waals surface area contributed by atoms with Gasteiger partial charge in [0.15, 0.2) is 0 Å². The van der Waals surface area contributed by atoms with Crippen molar-refractivity contribution in [2.45, 2.75) is 24.8 Å². The molecule has 1 aliphatic rings. The van der Waals surface area contributed by atoms with Crippen LogP contribution in [0.3, 0.4) is 0 Å². The molecule has 0 saturated heterocycles. The summed E-state index contributed by atoms with van der Waals surface area (Å²) in [5, 5.41) is 11.8. The number of aliphatic carboxylic acids is 1. The average molecular weight is 275 g/mol. The van der Waals surface area contributed by atoms with E-state index in [-0.39, 0.29) is 12.5 Å². The van der Waals surface area contributed by atoms with Crippen molar-refractivity contribution in [3.8, 4) is 0 Å². The van der Waals surface area contributed by atoms with Crippen LogP contribution in [-0.2, 0) is 16.0 Å². The second-order valence-corrected chi connectivity index (χ2v) is 4.69. The van der Waals surface area contributed by atoms with Gasteiger partial charge in [-0.15, -0.1) is 0 Å². The first-order chi connectivity index (χ1) is 9.63. The van der Waals surface area contributed by atoms with E-state index < -0.39 is 18.1 Å². The molecule has 0 saturated carbocycles. The summed E-state index contributed by atoms with van der Waals surface area (Å²) >= 11 is 0. The summed E-state index contributed by atoms with van der Waals surface area (Å²) in [6, 6.07) is 6.75. The summed E-state index contributed by atoms with van der Waals surface area (Å²) < 4.78 is 4.79. The van der Waals surface area contributed by atoms with E-state index in [9.17, 15) is 14.7 Å². The Balaban J connectivity index is 2.12. The first-order valence-electron chi connectivity index (χ1n) is 6.48. The van der Waals surface area contributed by atoms with E-state index in [2.05, 4.69) is 11.9 Å². The van der Waals surface area contributed by atoms with Crippen LogP contribution in [0.15, 0.2) is 36.9 Å². The molecule has 0 aromatic heterocycles. The van der Waals surface area contributed by atoms with Crippen molar-refractivity contribution in [1.82, 2.24) is 5.32 Å². The van der Waals surface area contributed by atoms with Crippen molar-refractivity contribution in [2.24, 2.45) is 0 Å². The van der Waals surface area contributed by atoms with Crippen LogP contribution >= 0.6 is 0 Å². The van der Waals surface area contributed by atoms with E-state index in [1.54, 1.807) is 0 Å². The standard InChI is InChI=1S/C15H17NO4/c1-2-9-20-15(19)16-13(14(17)18)12-8-7-10-5-3-4-6-11(10)12/h2-6,12-13H,1,7-9H2,(H,16,19)(H,17,18)/t12?,13-/m1/s1. The molecule has 1 aromatic carbocycles. The predicted octanol–water partition coefficient (Wildman–Crippen LogP) is 2.08. The van der Waals surface area contributed by atoms with Crippen molar-refractivity contribution in [3.05, 3.63) is 48.0 Å². The summed E-state index contributed by atoms with van der Waals surface area (Å²) in [4.78, 5) is 23.0. The zero-order valence-electron chi connectivity index (χ0n) is 11.0. The lowest BCUT2D eigenvalue weighted by atomic mass is 9.93. The summed E-state index contributed by atoms with van der Waals surface area (Å²) in [5.74, 6) is -1.28. The van der Waals surface area contributed by atoms with Gasteiger partial charge in [-0.1, -0.05) is 36.9 Å². The Bertz CT molecular complexity index is 526. The zero-order chi connectivity index (χ0) is 14.5. The minimum atomic E-state index is -1.05. The number of carbonyl (C=O) groups excluding carboxylic acids is 1. The van der Waals surface area contributed by atoms with Gasteiger partial charge in [0.2, 0.25) is 0 Å². The number of rotatable bonds is 5. The molecule has 1 unspecified atom stereocenters. The number of alkyl carbamates (subject to hydrolysis) is 1. The summed E-state index contributed by atoms with van der Waals surface area (Å²) in [6.07, 6.45) is 2.23. The highest BCUT2D eigenvalue weighted by Gasteiger charge is 2.35. The maximum Gasteiger partial charge on any atom is 0.408 e. The number of amides is 1. The Kier molecular flexibility index (Phi) is 4.40. The first-order valence-corrected chi connectivity index (χ1v) is 6.48. The average Bonchev–Trinajstić information content (AvgIpc) is 2.86. The van der Waals surface area contributed by atoms with Crippen LogP contribution in [0.2, 0.25) is 0 Å². The molecule has 0 radical (unpaired) electrons. The Morgan fingerprint density at radius 3 is 2.95 bits per heavy atom. The SMILES string of the molecule is C=CCOC(=O)N[C@@H](C(=O)O)C1CCc2ccccc21. The third-order valence-corrected chi connectivity index (χ3v) is 3.45. The van der Waals surface area contributed by atoms with E-state index in [0.717, 1.165) is 17.5 Å². The van der Waals surface area contributed by atoms with Gasteiger partial charge in [0, 0.05) is 5.92 Å². The van der Waals surface area contributed by atoms with Crippen LogP contribution in [0.25, 0.3) is 0 Å². The fraction of sp³-hybridized carbons (Fsp3) is 0.333. The van der Waals surface area contributed by atoms with E-state index in [0.29, 0.717) is 6.42 Å². The summed E-state index contributed by atoms with van der Waals surface area (Å²) in [6.45, 7) is 3.49. The third kappa shape index (κ3) is 2.99. The first kappa shape index (κ1) is 14.1. The van der Waals surface area contributed by atoms with Crippen LogP contribution in [-0.4, -0.2) is 29.8 Å². The molecule has 5 nitrogen and oxygen atoms in total. The van der Waals surface area contributed by atoms with Gasteiger partial charge in [-0.2, -0.15) is 0 Å². The van der Waals surface area contributed by atoms with Gasteiger partial charge in [0.25, 0.3) is 0 Å². The Morgan fingerprint density at radius 2 is 2.25 bits per heavy atom. The molecule has 2 rings (SSSR count). The predicted molar refractivity (Wildman–Crippen MR) is 73.6 cm³/mol. The topological polar surface area (TPSA) is 75.6 Å². The quantitative estimate of drug-likeness (QED) is 0.807. The minimum Gasteiger partial charge on any atom is -0.480 e. The number of carboxylic acids is 1. The van der Waals surface area contributed by atoms with Gasteiger partial charge in [0.1, 0.15) is 12.6 Å². The molecule has 2 atom stereocenters. The fourth-order valence-corrected chi connectivity index (χ4v) is 2.57. The molecular formula is C15H17NO4. The largest absolute Gasteiger partial charge is 0.480 e. The molecule has 2 N–H and O–H groups in total. The molecule has 1 amide bonds. The van der Waals surface area contributed by atoms with Crippen LogP contribution in [0.1, 0.15) is 23.5 Å². The molecule has 0 aliphatic heterocycles. The van der Waals surface area contributed by atoms with E-state index in [1.165, 1.54) is 6.08 Å². The number of carbonyl (C=O) groups is 2.